The first-order valence-corrected chi connectivity index (χ1v) is 2.81. The van der Waals surface area contributed by atoms with Crippen LogP contribution in [0.15, 0.2) is 0 Å². The zero-order valence-corrected chi connectivity index (χ0v) is 6.84. The molecule has 0 aromatic rings. The van der Waals surface area contributed by atoms with E-state index in [0.29, 0.717) is 0 Å². The number of nitrogens with zero attached hydrogens (tertiary/aromatic N) is 1. The van der Waals surface area contributed by atoms with Crippen molar-refractivity contribution in [3.05, 3.63) is 0 Å². The average molecular weight is 146 g/mol. The van der Waals surface area contributed by atoms with Gasteiger partial charge in [-0.05, 0) is 0 Å². The molecule has 0 heterocycles. The molecule has 0 aliphatic rings. The highest BCUT2D eigenvalue weighted by Gasteiger charge is 1.87. The zero-order valence-electron chi connectivity index (χ0n) is 6.84. The summed E-state index contributed by atoms with van der Waals surface area (Å²) in [6, 6.07) is 0. The third-order valence-corrected chi connectivity index (χ3v) is 0.630. The van der Waals surface area contributed by atoms with Gasteiger partial charge in [-0.3, -0.25) is 9.59 Å². The fraction of sp³-hybridized carbons (Fsp3) is 0.667. The smallest absolute Gasteiger partial charge is 0.218 e. The molecule has 0 rings (SSSR count). The summed E-state index contributed by atoms with van der Waals surface area (Å²) < 4.78 is 0. The number of hydrogen-bond acceptors (Lipinski definition) is 2. The largest absolute Gasteiger partial charge is 0.370 e. The summed E-state index contributed by atoms with van der Waals surface area (Å²) in [4.78, 5) is 20.8. The molecule has 0 aliphatic heterocycles. The second-order valence-corrected chi connectivity index (χ2v) is 2.02. The predicted octanol–water partition coefficient (Wildman–Crippen LogP) is -0.414. The maximum atomic E-state index is 10.1. The SMILES string of the molecule is CC(=O)N(C)C.CC(N)=O. The molecule has 0 aromatic carbocycles. The lowest BCUT2D eigenvalue weighted by Gasteiger charge is -2.02. The molecule has 0 aromatic heterocycles. The summed E-state index contributed by atoms with van der Waals surface area (Å²) >= 11 is 0. The highest BCUT2D eigenvalue weighted by Crippen LogP contribution is 1.69. The van der Waals surface area contributed by atoms with Gasteiger partial charge >= 0.3 is 0 Å². The Kier molecular flexibility index (Phi) is 7.10. The lowest BCUT2D eigenvalue weighted by molar-refractivity contribution is -0.126. The number of primary amides is 1. The maximum absolute atomic E-state index is 10.1. The standard InChI is InChI=1S/C4H9NO.C2H5NO/c1-4(6)5(2)3;1-2(3)4/h1-3H3;1H3,(H2,3,4). The monoisotopic (exact) mass is 146 g/mol. The van der Waals surface area contributed by atoms with Crippen LogP contribution in [0.4, 0.5) is 0 Å². The number of carbonyl (C=O) groups excluding carboxylic acids is 2. The minimum absolute atomic E-state index is 0.0926. The summed E-state index contributed by atoms with van der Waals surface area (Å²) in [6.07, 6.45) is 0. The molecule has 0 saturated heterocycles. The summed E-state index contributed by atoms with van der Waals surface area (Å²) in [6.45, 7) is 2.83. The van der Waals surface area contributed by atoms with Crippen molar-refractivity contribution in [2.45, 2.75) is 13.8 Å². The van der Waals surface area contributed by atoms with Crippen LogP contribution in [-0.4, -0.2) is 30.8 Å². The van der Waals surface area contributed by atoms with E-state index in [9.17, 15) is 9.59 Å². The molecule has 2 N–H and O–H groups in total. The maximum Gasteiger partial charge on any atom is 0.218 e. The van der Waals surface area contributed by atoms with Crippen LogP contribution < -0.4 is 5.73 Å². The molecule has 10 heavy (non-hydrogen) atoms. The molecule has 4 heteroatoms. The van der Waals surface area contributed by atoms with Gasteiger partial charge in [0.25, 0.3) is 0 Å². The molecule has 2 amide bonds. The molecule has 0 unspecified atom stereocenters. The Bertz CT molecular complexity index is 117. The van der Waals surface area contributed by atoms with Crippen molar-refractivity contribution in [3.8, 4) is 0 Å². The summed E-state index contributed by atoms with van der Waals surface area (Å²) in [5.74, 6) is -0.241. The van der Waals surface area contributed by atoms with E-state index in [2.05, 4.69) is 5.73 Å². The summed E-state index contributed by atoms with van der Waals surface area (Å²) in [5.41, 5.74) is 4.47. The van der Waals surface area contributed by atoms with E-state index < -0.39 is 0 Å². The Morgan fingerprint density at radius 3 is 1.30 bits per heavy atom. The second kappa shape index (κ2) is 6.07. The molecule has 0 spiro atoms. The van der Waals surface area contributed by atoms with E-state index in [1.54, 1.807) is 14.1 Å². The van der Waals surface area contributed by atoms with Crippen molar-refractivity contribution < 1.29 is 9.59 Å². The van der Waals surface area contributed by atoms with E-state index >= 15 is 0 Å². The number of carbonyl (C=O) groups is 2. The Labute approximate surface area is 61.0 Å². The molecule has 0 aliphatic carbocycles. The number of rotatable bonds is 0. The zero-order chi connectivity index (χ0) is 8.73. The van der Waals surface area contributed by atoms with Gasteiger partial charge in [-0.25, -0.2) is 0 Å². The van der Waals surface area contributed by atoms with Crippen LogP contribution >= 0.6 is 0 Å². The predicted molar refractivity (Wildman–Crippen MR) is 39.2 cm³/mol. The Morgan fingerprint density at radius 2 is 1.30 bits per heavy atom. The first-order valence-electron chi connectivity index (χ1n) is 2.81. The first-order chi connectivity index (χ1) is 4.37. The van der Waals surface area contributed by atoms with Gasteiger partial charge in [0, 0.05) is 27.9 Å². The minimum Gasteiger partial charge on any atom is -0.370 e. The number of hydrogen-bond donors (Lipinski definition) is 1. The van der Waals surface area contributed by atoms with Crippen LogP contribution in [0, 0.1) is 0 Å². The van der Waals surface area contributed by atoms with E-state index in [1.165, 1.54) is 18.7 Å². The van der Waals surface area contributed by atoms with E-state index in [1.807, 2.05) is 0 Å². The van der Waals surface area contributed by atoms with Crippen LogP contribution in [0.2, 0.25) is 0 Å². The molecule has 60 valence electrons. The fourth-order valence-electron chi connectivity index (χ4n) is 0. The topological polar surface area (TPSA) is 63.4 Å². The van der Waals surface area contributed by atoms with E-state index in [4.69, 9.17) is 0 Å². The van der Waals surface area contributed by atoms with Crippen LogP contribution in [-0.2, 0) is 9.59 Å². The Balaban J connectivity index is 0. The molecule has 0 radical (unpaired) electrons. The third-order valence-electron chi connectivity index (χ3n) is 0.630. The van der Waals surface area contributed by atoms with Gasteiger partial charge in [0.1, 0.15) is 0 Å². The highest BCUT2D eigenvalue weighted by atomic mass is 16.2. The lowest BCUT2D eigenvalue weighted by Crippen LogP contribution is -2.17. The van der Waals surface area contributed by atoms with Crippen molar-refractivity contribution >= 4 is 11.8 Å². The quantitative estimate of drug-likeness (QED) is 0.504. The lowest BCUT2D eigenvalue weighted by atomic mass is 10.7. The molecule has 0 bridgehead atoms. The third kappa shape index (κ3) is 28.3. The molecule has 4 nitrogen and oxygen atoms in total. The molecular formula is C6H14N2O2. The van der Waals surface area contributed by atoms with Crippen LogP contribution in [0.25, 0.3) is 0 Å². The second-order valence-electron chi connectivity index (χ2n) is 2.02. The van der Waals surface area contributed by atoms with Gasteiger partial charge in [-0.2, -0.15) is 0 Å². The van der Waals surface area contributed by atoms with E-state index in [0.717, 1.165) is 0 Å². The van der Waals surface area contributed by atoms with Crippen LogP contribution in [0.3, 0.4) is 0 Å². The average Bonchev–Trinajstić information content (AvgIpc) is 1.63. The van der Waals surface area contributed by atoms with Crippen molar-refractivity contribution in [1.29, 1.82) is 0 Å². The van der Waals surface area contributed by atoms with Crippen LogP contribution in [0.5, 0.6) is 0 Å². The summed E-state index contributed by atoms with van der Waals surface area (Å²) in [5, 5.41) is 0. The van der Waals surface area contributed by atoms with Crippen molar-refractivity contribution in [3.63, 3.8) is 0 Å². The van der Waals surface area contributed by atoms with Crippen molar-refractivity contribution in [2.75, 3.05) is 14.1 Å². The molecule has 0 atom stereocenters. The molecule has 0 saturated carbocycles. The van der Waals surface area contributed by atoms with Gasteiger partial charge < -0.3 is 10.6 Å². The van der Waals surface area contributed by atoms with E-state index in [-0.39, 0.29) is 11.8 Å². The summed E-state index contributed by atoms with van der Waals surface area (Å²) in [7, 11) is 3.45. The highest BCUT2D eigenvalue weighted by molar-refractivity contribution is 5.72. The van der Waals surface area contributed by atoms with Gasteiger partial charge in [0.15, 0.2) is 0 Å². The number of amides is 2. The van der Waals surface area contributed by atoms with Gasteiger partial charge in [0.2, 0.25) is 11.8 Å². The Morgan fingerprint density at radius 1 is 1.20 bits per heavy atom. The van der Waals surface area contributed by atoms with Crippen molar-refractivity contribution in [1.82, 2.24) is 4.90 Å². The fourth-order valence-corrected chi connectivity index (χ4v) is 0. The normalized spacial score (nSPS) is 7.20. The Hall–Kier alpha value is -1.06. The number of nitrogens with two attached hydrogens (primary N) is 1. The van der Waals surface area contributed by atoms with Gasteiger partial charge in [-0.15, -0.1) is 0 Å². The molecular weight excluding hydrogens is 132 g/mol. The van der Waals surface area contributed by atoms with Gasteiger partial charge in [-0.1, -0.05) is 0 Å². The van der Waals surface area contributed by atoms with Crippen LogP contribution in [0.1, 0.15) is 13.8 Å². The van der Waals surface area contributed by atoms with Crippen molar-refractivity contribution in [2.24, 2.45) is 5.73 Å². The van der Waals surface area contributed by atoms with Gasteiger partial charge in [0.05, 0.1) is 0 Å². The first kappa shape index (κ1) is 11.7. The minimum atomic E-state index is -0.333. The molecule has 0 fully saturated rings.